The fourth-order valence-electron chi connectivity index (χ4n) is 1.64. The predicted octanol–water partition coefficient (Wildman–Crippen LogP) is 4.01. The van der Waals surface area contributed by atoms with Gasteiger partial charge in [0.05, 0.1) is 5.52 Å². The summed E-state index contributed by atoms with van der Waals surface area (Å²) in [7, 11) is 0. The molecular weight excluding hydrogens is 194 g/mol. The first-order chi connectivity index (χ1) is 6.68. The number of hydrogen-bond acceptors (Lipinski definition) is 1. The van der Waals surface area contributed by atoms with E-state index in [0.717, 1.165) is 15.9 Å². The van der Waals surface area contributed by atoms with E-state index < -0.39 is 0 Å². The highest BCUT2D eigenvalue weighted by Gasteiger charge is 2.05. The van der Waals surface area contributed by atoms with E-state index in [0.29, 0.717) is 5.92 Å². The molecule has 0 radical (unpaired) electrons. The highest BCUT2D eigenvalue weighted by molar-refractivity contribution is 6.31. The highest BCUT2D eigenvalue weighted by Crippen LogP contribution is 2.26. The van der Waals surface area contributed by atoms with Crippen molar-refractivity contribution in [2.75, 3.05) is 0 Å². The van der Waals surface area contributed by atoms with Gasteiger partial charge in [-0.25, -0.2) is 0 Å². The molecular formula is C12H12ClN. The molecule has 1 aromatic carbocycles. The predicted molar refractivity (Wildman–Crippen MR) is 60.8 cm³/mol. The Bertz CT molecular complexity index is 463. The van der Waals surface area contributed by atoms with E-state index in [4.69, 9.17) is 11.6 Å². The fraction of sp³-hybridized carbons (Fsp3) is 0.250. The fourth-order valence-corrected chi connectivity index (χ4v) is 1.82. The second-order valence-corrected chi connectivity index (χ2v) is 4.15. The van der Waals surface area contributed by atoms with Gasteiger partial charge in [0, 0.05) is 16.6 Å². The molecule has 1 heterocycles. The number of benzene rings is 1. The van der Waals surface area contributed by atoms with Crippen molar-refractivity contribution in [3.63, 3.8) is 0 Å². The van der Waals surface area contributed by atoms with E-state index in [1.54, 1.807) is 0 Å². The van der Waals surface area contributed by atoms with Crippen LogP contribution in [0, 0.1) is 0 Å². The van der Waals surface area contributed by atoms with Crippen LogP contribution in [0.3, 0.4) is 0 Å². The summed E-state index contributed by atoms with van der Waals surface area (Å²) in [6.45, 7) is 4.35. The molecule has 0 atom stereocenters. The van der Waals surface area contributed by atoms with Gasteiger partial charge in [0.15, 0.2) is 0 Å². The summed E-state index contributed by atoms with van der Waals surface area (Å²) in [4.78, 5) is 4.31. The summed E-state index contributed by atoms with van der Waals surface area (Å²) in [6.07, 6.45) is 1.85. The number of halogens is 1. The van der Waals surface area contributed by atoms with Gasteiger partial charge in [-0.05, 0) is 35.7 Å². The lowest BCUT2D eigenvalue weighted by Gasteiger charge is -2.08. The van der Waals surface area contributed by atoms with Crippen molar-refractivity contribution >= 4 is 22.5 Å². The molecule has 0 saturated heterocycles. The molecule has 0 fully saturated rings. The standard InChI is InChI=1S/C12H12ClN/c1-8(2)10-5-6-14-12-4-3-9(13)7-11(10)12/h3-8H,1-2H3. The Morgan fingerprint density at radius 3 is 2.71 bits per heavy atom. The Labute approximate surface area is 88.7 Å². The minimum atomic E-state index is 0.499. The van der Waals surface area contributed by atoms with Crippen LogP contribution in [0.1, 0.15) is 25.3 Å². The van der Waals surface area contributed by atoms with E-state index in [9.17, 15) is 0 Å². The van der Waals surface area contributed by atoms with Crippen LogP contribution < -0.4 is 0 Å². The van der Waals surface area contributed by atoms with Crippen molar-refractivity contribution in [3.8, 4) is 0 Å². The molecule has 2 aromatic rings. The van der Waals surface area contributed by atoms with Crippen LogP contribution in [0.4, 0.5) is 0 Å². The van der Waals surface area contributed by atoms with Crippen molar-refractivity contribution in [2.45, 2.75) is 19.8 Å². The third-order valence-electron chi connectivity index (χ3n) is 2.36. The monoisotopic (exact) mass is 205 g/mol. The lowest BCUT2D eigenvalue weighted by atomic mass is 9.99. The van der Waals surface area contributed by atoms with Crippen LogP contribution in [0.15, 0.2) is 30.5 Å². The molecule has 0 unspecified atom stereocenters. The molecule has 2 rings (SSSR count). The lowest BCUT2D eigenvalue weighted by molar-refractivity contribution is 0.874. The average Bonchev–Trinajstić information content (AvgIpc) is 2.16. The van der Waals surface area contributed by atoms with Gasteiger partial charge in [-0.1, -0.05) is 25.4 Å². The summed E-state index contributed by atoms with van der Waals surface area (Å²) >= 11 is 5.97. The molecule has 0 N–H and O–H groups in total. The molecule has 0 aliphatic carbocycles. The SMILES string of the molecule is CC(C)c1ccnc2ccc(Cl)cc12. The van der Waals surface area contributed by atoms with Gasteiger partial charge in [0.2, 0.25) is 0 Å². The second kappa shape index (κ2) is 3.58. The van der Waals surface area contributed by atoms with Crippen molar-refractivity contribution < 1.29 is 0 Å². The normalized spacial score (nSPS) is 11.1. The molecule has 1 nitrogen and oxygen atoms in total. The van der Waals surface area contributed by atoms with Crippen LogP contribution >= 0.6 is 11.6 Å². The Balaban J connectivity index is 2.77. The first-order valence-electron chi connectivity index (χ1n) is 4.72. The Hall–Kier alpha value is -1.08. The zero-order valence-electron chi connectivity index (χ0n) is 8.29. The summed E-state index contributed by atoms with van der Waals surface area (Å²) < 4.78 is 0. The first kappa shape index (κ1) is 9.47. The first-order valence-corrected chi connectivity index (χ1v) is 5.10. The van der Waals surface area contributed by atoms with E-state index in [-0.39, 0.29) is 0 Å². The zero-order valence-corrected chi connectivity index (χ0v) is 9.05. The summed E-state index contributed by atoms with van der Waals surface area (Å²) in [6, 6.07) is 7.88. The third-order valence-corrected chi connectivity index (χ3v) is 2.59. The minimum Gasteiger partial charge on any atom is -0.256 e. The number of nitrogens with zero attached hydrogens (tertiary/aromatic N) is 1. The Kier molecular flexibility index (Phi) is 2.42. The van der Waals surface area contributed by atoms with Crippen molar-refractivity contribution in [2.24, 2.45) is 0 Å². The van der Waals surface area contributed by atoms with Crippen LogP contribution in [0.2, 0.25) is 5.02 Å². The molecule has 0 bridgehead atoms. The smallest absolute Gasteiger partial charge is 0.0705 e. The van der Waals surface area contributed by atoms with Crippen molar-refractivity contribution in [3.05, 3.63) is 41.0 Å². The minimum absolute atomic E-state index is 0.499. The summed E-state index contributed by atoms with van der Waals surface area (Å²) in [5.74, 6) is 0.499. The number of rotatable bonds is 1. The molecule has 14 heavy (non-hydrogen) atoms. The van der Waals surface area contributed by atoms with Crippen LogP contribution in [-0.4, -0.2) is 4.98 Å². The summed E-state index contributed by atoms with van der Waals surface area (Å²) in [5.41, 5.74) is 2.32. The van der Waals surface area contributed by atoms with E-state index in [2.05, 4.69) is 24.9 Å². The van der Waals surface area contributed by atoms with E-state index in [1.807, 2.05) is 24.4 Å². The summed E-state index contributed by atoms with van der Waals surface area (Å²) in [5, 5.41) is 1.93. The quantitative estimate of drug-likeness (QED) is 0.686. The molecule has 1 aromatic heterocycles. The van der Waals surface area contributed by atoms with Gasteiger partial charge in [0.1, 0.15) is 0 Å². The van der Waals surface area contributed by atoms with Crippen molar-refractivity contribution in [1.82, 2.24) is 4.98 Å². The van der Waals surface area contributed by atoms with Gasteiger partial charge in [-0.3, -0.25) is 4.98 Å². The molecule has 0 aliphatic rings. The maximum atomic E-state index is 5.97. The topological polar surface area (TPSA) is 12.9 Å². The number of pyridine rings is 1. The van der Waals surface area contributed by atoms with Gasteiger partial charge < -0.3 is 0 Å². The van der Waals surface area contributed by atoms with E-state index in [1.165, 1.54) is 5.56 Å². The maximum absolute atomic E-state index is 5.97. The van der Waals surface area contributed by atoms with Crippen molar-refractivity contribution in [1.29, 1.82) is 0 Å². The maximum Gasteiger partial charge on any atom is 0.0705 e. The molecule has 2 heteroatoms. The lowest BCUT2D eigenvalue weighted by Crippen LogP contribution is -1.90. The zero-order chi connectivity index (χ0) is 10.1. The van der Waals surface area contributed by atoms with Crippen LogP contribution in [0.5, 0.6) is 0 Å². The molecule has 72 valence electrons. The molecule has 0 aliphatic heterocycles. The van der Waals surface area contributed by atoms with Gasteiger partial charge >= 0.3 is 0 Å². The molecule has 0 spiro atoms. The van der Waals surface area contributed by atoms with Crippen LogP contribution in [-0.2, 0) is 0 Å². The van der Waals surface area contributed by atoms with Gasteiger partial charge in [-0.15, -0.1) is 0 Å². The number of fused-ring (bicyclic) bond motifs is 1. The number of aromatic nitrogens is 1. The third kappa shape index (κ3) is 1.60. The van der Waals surface area contributed by atoms with Gasteiger partial charge in [0.25, 0.3) is 0 Å². The molecule has 0 amide bonds. The van der Waals surface area contributed by atoms with Gasteiger partial charge in [-0.2, -0.15) is 0 Å². The molecule has 0 saturated carbocycles. The Morgan fingerprint density at radius 2 is 2.00 bits per heavy atom. The second-order valence-electron chi connectivity index (χ2n) is 3.72. The Morgan fingerprint density at radius 1 is 1.21 bits per heavy atom. The largest absolute Gasteiger partial charge is 0.256 e. The van der Waals surface area contributed by atoms with Crippen LogP contribution in [0.25, 0.3) is 10.9 Å². The highest BCUT2D eigenvalue weighted by atomic mass is 35.5. The average molecular weight is 206 g/mol. The van der Waals surface area contributed by atoms with E-state index >= 15 is 0 Å². The number of hydrogen-bond donors (Lipinski definition) is 0.